The highest BCUT2D eigenvalue weighted by Gasteiger charge is 2.53. The van der Waals surface area contributed by atoms with Crippen molar-refractivity contribution in [2.75, 3.05) is 0 Å². The van der Waals surface area contributed by atoms with Gasteiger partial charge in [-0.25, -0.2) is 0 Å². The van der Waals surface area contributed by atoms with E-state index in [2.05, 4.69) is 25.7 Å². The molecule has 2 saturated carbocycles. The summed E-state index contributed by atoms with van der Waals surface area (Å²) in [5.74, 6) is 2.98. The maximum atomic E-state index is 4.17. The third-order valence-electron chi connectivity index (χ3n) is 5.17. The summed E-state index contributed by atoms with van der Waals surface area (Å²) >= 11 is 0. The first kappa shape index (κ1) is 9.69. The molecule has 2 fully saturated rings. The zero-order valence-corrected chi connectivity index (χ0v) is 9.84. The van der Waals surface area contributed by atoms with Gasteiger partial charge in [-0.3, -0.25) is 0 Å². The van der Waals surface area contributed by atoms with Crippen LogP contribution in [0.25, 0.3) is 0 Å². The largest absolute Gasteiger partial charge is 0.0998 e. The van der Waals surface area contributed by atoms with E-state index in [1.54, 1.807) is 0 Å². The molecule has 0 aromatic carbocycles. The van der Waals surface area contributed by atoms with Crippen molar-refractivity contribution >= 4 is 0 Å². The fraction of sp³-hybridized carbons (Fsp3) is 0.733. The van der Waals surface area contributed by atoms with Crippen LogP contribution in [0, 0.1) is 23.2 Å². The number of rotatable bonds is 2. The first-order valence-electron chi connectivity index (χ1n) is 6.52. The van der Waals surface area contributed by atoms with Gasteiger partial charge in [0.1, 0.15) is 0 Å². The van der Waals surface area contributed by atoms with Crippen LogP contribution in [0.5, 0.6) is 0 Å². The predicted octanol–water partition coefficient (Wildman–Crippen LogP) is 4.34. The highest BCUT2D eigenvalue weighted by molar-refractivity contribution is 5.22. The monoisotopic (exact) mass is 202 g/mol. The van der Waals surface area contributed by atoms with Gasteiger partial charge in [0, 0.05) is 0 Å². The van der Waals surface area contributed by atoms with Gasteiger partial charge < -0.3 is 0 Å². The molecule has 0 nitrogen and oxygen atoms in total. The van der Waals surface area contributed by atoms with Crippen molar-refractivity contribution < 1.29 is 0 Å². The van der Waals surface area contributed by atoms with E-state index in [1.807, 2.05) is 0 Å². The molecule has 0 spiro atoms. The van der Waals surface area contributed by atoms with E-state index in [1.165, 1.54) is 44.1 Å². The molecule has 0 saturated heterocycles. The van der Waals surface area contributed by atoms with Crippen molar-refractivity contribution in [2.24, 2.45) is 23.2 Å². The average molecular weight is 202 g/mol. The lowest BCUT2D eigenvalue weighted by Crippen LogP contribution is -2.49. The highest BCUT2D eigenvalue weighted by atomic mass is 14.6. The van der Waals surface area contributed by atoms with Crippen LogP contribution in [0.4, 0.5) is 0 Å². The van der Waals surface area contributed by atoms with E-state index < -0.39 is 0 Å². The molecule has 0 unspecified atom stereocenters. The van der Waals surface area contributed by atoms with Crippen LogP contribution in [-0.2, 0) is 0 Å². The maximum Gasteiger partial charge on any atom is -0.0161 e. The summed E-state index contributed by atoms with van der Waals surface area (Å²) in [6, 6.07) is 0. The highest BCUT2D eigenvalue weighted by Crippen LogP contribution is 2.63. The van der Waals surface area contributed by atoms with E-state index in [-0.39, 0.29) is 0 Å². The van der Waals surface area contributed by atoms with Crippen molar-refractivity contribution in [2.45, 2.75) is 45.4 Å². The summed E-state index contributed by atoms with van der Waals surface area (Å²) in [7, 11) is 0. The standard InChI is InChI=1S/C15H22/c1-11-7-14(8-11)15(9-12(2)10-15)13-5-3-4-6-13/h3-4,11,13-14H,2,5-10H2,1H3. The van der Waals surface area contributed by atoms with Gasteiger partial charge >= 0.3 is 0 Å². The van der Waals surface area contributed by atoms with Crippen LogP contribution >= 0.6 is 0 Å². The molecule has 0 amide bonds. The molecule has 0 N–H and O–H groups in total. The molecule has 3 aliphatic rings. The Morgan fingerprint density at radius 3 is 2.20 bits per heavy atom. The quantitative estimate of drug-likeness (QED) is 0.584. The van der Waals surface area contributed by atoms with E-state index in [9.17, 15) is 0 Å². The van der Waals surface area contributed by atoms with Crippen molar-refractivity contribution in [3.8, 4) is 0 Å². The number of allylic oxidation sites excluding steroid dienone is 3. The van der Waals surface area contributed by atoms with Gasteiger partial charge in [-0.2, -0.15) is 0 Å². The van der Waals surface area contributed by atoms with Crippen LogP contribution < -0.4 is 0 Å². The maximum absolute atomic E-state index is 4.17. The predicted molar refractivity (Wildman–Crippen MR) is 64.6 cm³/mol. The molecular formula is C15H22. The molecule has 0 aromatic rings. The zero-order chi connectivity index (χ0) is 10.5. The van der Waals surface area contributed by atoms with E-state index >= 15 is 0 Å². The Labute approximate surface area is 93.5 Å². The third-order valence-corrected chi connectivity index (χ3v) is 5.17. The van der Waals surface area contributed by atoms with Crippen molar-refractivity contribution in [1.29, 1.82) is 0 Å². The molecule has 0 heteroatoms. The normalized spacial score (nSPS) is 38.9. The average Bonchev–Trinajstić information content (AvgIpc) is 2.60. The van der Waals surface area contributed by atoms with Crippen LogP contribution in [0.1, 0.15) is 45.4 Å². The van der Waals surface area contributed by atoms with E-state index in [0.717, 1.165) is 17.8 Å². The summed E-state index contributed by atoms with van der Waals surface area (Å²) < 4.78 is 0. The van der Waals surface area contributed by atoms with Gasteiger partial charge in [-0.05, 0) is 61.7 Å². The van der Waals surface area contributed by atoms with Gasteiger partial charge in [-0.15, -0.1) is 0 Å². The minimum Gasteiger partial charge on any atom is -0.0998 e. The summed E-state index contributed by atoms with van der Waals surface area (Å²) in [5.41, 5.74) is 2.20. The Bertz CT molecular complexity index is 288. The SMILES string of the molecule is C=C1CC(C2CC=CC2)(C2CC(C)C2)C1. The minimum absolute atomic E-state index is 0.688. The second kappa shape index (κ2) is 3.23. The molecule has 0 heterocycles. The Morgan fingerprint density at radius 2 is 1.73 bits per heavy atom. The van der Waals surface area contributed by atoms with Gasteiger partial charge in [-0.1, -0.05) is 31.2 Å². The first-order valence-corrected chi connectivity index (χ1v) is 6.52. The van der Waals surface area contributed by atoms with E-state index in [4.69, 9.17) is 0 Å². The molecule has 0 aliphatic heterocycles. The van der Waals surface area contributed by atoms with Crippen molar-refractivity contribution in [3.05, 3.63) is 24.3 Å². The molecule has 0 aromatic heterocycles. The smallest absolute Gasteiger partial charge is 0.0161 e. The molecule has 0 bridgehead atoms. The van der Waals surface area contributed by atoms with Crippen LogP contribution in [0.15, 0.2) is 24.3 Å². The Morgan fingerprint density at radius 1 is 1.13 bits per heavy atom. The van der Waals surface area contributed by atoms with Crippen molar-refractivity contribution in [3.63, 3.8) is 0 Å². The zero-order valence-electron chi connectivity index (χ0n) is 9.84. The topological polar surface area (TPSA) is 0 Å². The Kier molecular flexibility index (Phi) is 2.09. The molecule has 3 aliphatic carbocycles. The van der Waals surface area contributed by atoms with Crippen LogP contribution in [0.3, 0.4) is 0 Å². The first-order chi connectivity index (χ1) is 7.21. The summed E-state index contributed by atoms with van der Waals surface area (Å²) in [6.45, 7) is 6.57. The second-order valence-electron chi connectivity index (χ2n) is 6.25. The van der Waals surface area contributed by atoms with Gasteiger partial charge in [0.25, 0.3) is 0 Å². The van der Waals surface area contributed by atoms with Gasteiger partial charge in [0.15, 0.2) is 0 Å². The van der Waals surface area contributed by atoms with Crippen LogP contribution in [0.2, 0.25) is 0 Å². The number of hydrogen-bond donors (Lipinski definition) is 0. The summed E-state index contributed by atoms with van der Waals surface area (Å²) in [4.78, 5) is 0. The summed E-state index contributed by atoms with van der Waals surface area (Å²) in [5, 5.41) is 0. The van der Waals surface area contributed by atoms with Gasteiger partial charge in [0.2, 0.25) is 0 Å². The molecule has 0 radical (unpaired) electrons. The number of hydrogen-bond acceptors (Lipinski definition) is 0. The lowest BCUT2D eigenvalue weighted by atomic mass is 9.47. The van der Waals surface area contributed by atoms with E-state index in [0.29, 0.717) is 5.41 Å². The molecule has 3 rings (SSSR count). The lowest BCUT2D eigenvalue weighted by molar-refractivity contribution is -0.0382. The third kappa shape index (κ3) is 1.33. The van der Waals surface area contributed by atoms with Crippen molar-refractivity contribution in [1.82, 2.24) is 0 Å². The summed E-state index contributed by atoms with van der Waals surface area (Å²) in [6.07, 6.45) is 13.2. The molecule has 0 atom stereocenters. The van der Waals surface area contributed by atoms with Crippen LogP contribution in [-0.4, -0.2) is 0 Å². The lowest BCUT2D eigenvalue weighted by Gasteiger charge is -2.58. The molecule has 15 heavy (non-hydrogen) atoms. The molecule has 82 valence electrons. The molecular weight excluding hydrogens is 180 g/mol. The second-order valence-corrected chi connectivity index (χ2v) is 6.25. The van der Waals surface area contributed by atoms with Gasteiger partial charge in [0.05, 0.1) is 0 Å². The fourth-order valence-electron chi connectivity index (χ4n) is 4.25. The Balaban J connectivity index is 1.74. The fourth-order valence-corrected chi connectivity index (χ4v) is 4.25. The minimum atomic E-state index is 0.688. The Hall–Kier alpha value is -0.520.